The van der Waals surface area contributed by atoms with Gasteiger partial charge in [0.1, 0.15) is 18.3 Å². The van der Waals surface area contributed by atoms with E-state index in [1.807, 2.05) is 6.92 Å². The quantitative estimate of drug-likeness (QED) is 0.515. The van der Waals surface area contributed by atoms with E-state index < -0.39 is 46.1 Å². The van der Waals surface area contributed by atoms with Gasteiger partial charge in [-0.3, -0.25) is 13.9 Å². The first-order valence-corrected chi connectivity index (χ1v) is 12.5. The molecule has 2 amide bonds. The molecule has 0 aliphatic rings. The molecular formula is C23H29F2N3O5S. The van der Waals surface area contributed by atoms with Crippen molar-refractivity contribution in [2.45, 2.75) is 32.9 Å². The Hall–Kier alpha value is -3.21. The van der Waals surface area contributed by atoms with Crippen molar-refractivity contribution in [2.24, 2.45) is 0 Å². The third-order valence-electron chi connectivity index (χ3n) is 5.10. The minimum atomic E-state index is -4.04. The van der Waals surface area contributed by atoms with E-state index in [-0.39, 0.29) is 12.2 Å². The summed E-state index contributed by atoms with van der Waals surface area (Å²) < 4.78 is 57.8. The van der Waals surface area contributed by atoms with Crippen molar-refractivity contribution in [3.05, 3.63) is 59.7 Å². The number of ether oxygens (including phenoxy) is 1. The number of hydrogen-bond donors (Lipinski definition) is 1. The zero-order chi connectivity index (χ0) is 25.5. The SMILES string of the molecule is CCCNC(=O)C(C)N(Cc1ccc(OC)cc1)C(=O)CN(c1ccc(F)c(F)c1)S(C)(=O)=O. The van der Waals surface area contributed by atoms with Crippen molar-refractivity contribution >= 4 is 27.5 Å². The highest BCUT2D eigenvalue weighted by atomic mass is 32.2. The molecule has 8 nitrogen and oxygen atoms in total. The normalized spacial score (nSPS) is 12.1. The number of anilines is 1. The zero-order valence-electron chi connectivity index (χ0n) is 19.5. The predicted octanol–water partition coefficient (Wildman–Crippen LogP) is 2.68. The molecule has 2 aromatic rings. The van der Waals surface area contributed by atoms with Crippen molar-refractivity contribution in [2.75, 3.05) is 30.8 Å². The smallest absolute Gasteiger partial charge is 0.244 e. The van der Waals surface area contributed by atoms with Gasteiger partial charge in [0.05, 0.1) is 19.1 Å². The van der Waals surface area contributed by atoms with Crippen LogP contribution in [0.4, 0.5) is 14.5 Å². The molecule has 11 heteroatoms. The van der Waals surface area contributed by atoms with Gasteiger partial charge in [-0.15, -0.1) is 0 Å². The Morgan fingerprint density at radius 2 is 1.74 bits per heavy atom. The summed E-state index contributed by atoms with van der Waals surface area (Å²) in [6.45, 7) is 3.15. The van der Waals surface area contributed by atoms with Crippen LogP contribution >= 0.6 is 0 Å². The Kier molecular flexibility index (Phi) is 9.36. The second-order valence-electron chi connectivity index (χ2n) is 7.70. The first kappa shape index (κ1) is 27.0. The first-order valence-electron chi connectivity index (χ1n) is 10.6. The summed E-state index contributed by atoms with van der Waals surface area (Å²) in [5.41, 5.74) is 0.477. The van der Waals surface area contributed by atoms with Gasteiger partial charge in [0, 0.05) is 19.2 Å². The molecule has 1 atom stereocenters. The predicted molar refractivity (Wildman–Crippen MR) is 125 cm³/mol. The lowest BCUT2D eigenvalue weighted by molar-refractivity contribution is -0.139. The Labute approximate surface area is 198 Å². The van der Waals surface area contributed by atoms with E-state index >= 15 is 0 Å². The highest BCUT2D eigenvalue weighted by Crippen LogP contribution is 2.22. The number of hydrogen-bond acceptors (Lipinski definition) is 5. The Balaban J connectivity index is 2.38. The molecule has 0 radical (unpaired) electrons. The fourth-order valence-electron chi connectivity index (χ4n) is 3.16. The van der Waals surface area contributed by atoms with E-state index in [1.54, 1.807) is 24.3 Å². The summed E-state index contributed by atoms with van der Waals surface area (Å²) in [6.07, 6.45) is 1.55. The number of rotatable bonds is 11. The van der Waals surface area contributed by atoms with E-state index in [9.17, 15) is 26.8 Å². The lowest BCUT2D eigenvalue weighted by Gasteiger charge is -2.31. The van der Waals surface area contributed by atoms with E-state index in [0.29, 0.717) is 34.7 Å². The third-order valence-corrected chi connectivity index (χ3v) is 6.24. The maximum absolute atomic E-state index is 13.8. The van der Waals surface area contributed by atoms with E-state index in [2.05, 4.69) is 5.32 Å². The number of amides is 2. The largest absolute Gasteiger partial charge is 0.497 e. The fraction of sp³-hybridized carbons (Fsp3) is 0.391. The molecule has 2 rings (SSSR count). The van der Waals surface area contributed by atoms with Crippen LogP contribution in [0.5, 0.6) is 5.75 Å². The Morgan fingerprint density at radius 3 is 2.26 bits per heavy atom. The number of nitrogens with zero attached hydrogens (tertiary/aromatic N) is 2. The molecule has 0 aromatic heterocycles. The molecule has 1 unspecified atom stereocenters. The summed E-state index contributed by atoms with van der Waals surface area (Å²) in [5.74, 6) is -2.88. The number of carbonyl (C=O) groups excluding carboxylic acids is 2. The van der Waals surface area contributed by atoms with Crippen molar-refractivity contribution < 1.29 is 31.5 Å². The van der Waals surface area contributed by atoms with Gasteiger partial charge in [0.15, 0.2) is 11.6 Å². The number of nitrogens with one attached hydrogen (secondary N) is 1. The maximum atomic E-state index is 13.8. The molecule has 0 fully saturated rings. The van der Waals surface area contributed by atoms with Crippen LogP contribution in [0.1, 0.15) is 25.8 Å². The average molecular weight is 498 g/mol. The van der Waals surface area contributed by atoms with Crippen LogP contribution in [-0.2, 0) is 26.2 Å². The summed E-state index contributed by atoms with van der Waals surface area (Å²) in [6, 6.07) is 8.47. The second-order valence-corrected chi connectivity index (χ2v) is 9.61. The average Bonchev–Trinajstić information content (AvgIpc) is 2.80. The molecule has 2 aromatic carbocycles. The summed E-state index contributed by atoms with van der Waals surface area (Å²) >= 11 is 0. The van der Waals surface area contributed by atoms with Gasteiger partial charge in [-0.05, 0) is 43.2 Å². The highest BCUT2D eigenvalue weighted by Gasteiger charge is 2.30. The zero-order valence-corrected chi connectivity index (χ0v) is 20.4. The van der Waals surface area contributed by atoms with E-state index in [4.69, 9.17) is 4.74 Å². The van der Waals surface area contributed by atoms with E-state index in [0.717, 1.165) is 18.4 Å². The monoisotopic (exact) mass is 497 g/mol. The van der Waals surface area contributed by atoms with Crippen molar-refractivity contribution in [3.8, 4) is 5.75 Å². The molecule has 0 heterocycles. The lowest BCUT2D eigenvalue weighted by atomic mass is 10.1. The minimum Gasteiger partial charge on any atom is -0.497 e. The third kappa shape index (κ3) is 7.14. The molecule has 186 valence electrons. The number of sulfonamides is 1. The molecule has 0 saturated heterocycles. The van der Waals surface area contributed by atoms with Crippen LogP contribution in [0.15, 0.2) is 42.5 Å². The Bertz CT molecular complexity index is 1110. The molecular weight excluding hydrogens is 468 g/mol. The van der Waals surface area contributed by atoms with Crippen molar-refractivity contribution in [3.63, 3.8) is 0 Å². The van der Waals surface area contributed by atoms with E-state index in [1.165, 1.54) is 18.9 Å². The molecule has 1 N–H and O–H groups in total. The first-order chi connectivity index (χ1) is 16.0. The standard InChI is InChI=1S/C23H29F2N3O5S/c1-5-12-26-23(30)16(2)27(14-17-6-9-19(33-3)10-7-17)22(29)15-28(34(4,31)32)18-8-11-20(24)21(25)13-18/h6-11,13,16H,5,12,14-15H2,1-4H3,(H,26,30). The van der Waals surface area contributed by atoms with Gasteiger partial charge in [-0.25, -0.2) is 17.2 Å². The lowest BCUT2D eigenvalue weighted by Crippen LogP contribution is -2.51. The molecule has 0 aliphatic carbocycles. The van der Waals surface area contributed by atoms with Gasteiger partial charge in [-0.1, -0.05) is 19.1 Å². The minimum absolute atomic E-state index is 0.0128. The molecule has 0 bridgehead atoms. The number of benzene rings is 2. The van der Waals surface area contributed by atoms with Gasteiger partial charge in [0.25, 0.3) is 0 Å². The van der Waals surface area contributed by atoms with Crippen LogP contribution in [0.2, 0.25) is 0 Å². The Morgan fingerprint density at radius 1 is 1.09 bits per heavy atom. The molecule has 34 heavy (non-hydrogen) atoms. The van der Waals surface area contributed by atoms with Crippen molar-refractivity contribution in [1.82, 2.24) is 10.2 Å². The fourth-order valence-corrected chi connectivity index (χ4v) is 4.00. The van der Waals surface area contributed by atoms with Crippen molar-refractivity contribution in [1.29, 1.82) is 0 Å². The number of methoxy groups -OCH3 is 1. The number of halogens is 2. The summed E-state index contributed by atoms with van der Waals surface area (Å²) in [7, 11) is -2.52. The van der Waals surface area contributed by atoms with Crippen LogP contribution in [0.25, 0.3) is 0 Å². The molecule has 0 spiro atoms. The van der Waals surface area contributed by atoms with Crippen LogP contribution in [0, 0.1) is 11.6 Å². The summed E-state index contributed by atoms with van der Waals surface area (Å²) in [5, 5.41) is 2.72. The van der Waals surface area contributed by atoms with Gasteiger partial charge in [-0.2, -0.15) is 0 Å². The second kappa shape index (κ2) is 11.8. The topological polar surface area (TPSA) is 96.0 Å². The number of carbonyl (C=O) groups is 2. The maximum Gasteiger partial charge on any atom is 0.244 e. The van der Waals surface area contributed by atoms with Gasteiger partial charge in [0.2, 0.25) is 21.8 Å². The summed E-state index contributed by atoms with van der Waals surface area (Å²) in [4.78, 5) is 27.2. The van der Waals surface area contributed by atoms with Crippen LogP contribution in [0.3, 0.4) is 0 Å². The van der Waals surface area contributed by atoms with Crippen LogP contribution in [-0.4, -0.2) is 57.6 Å². The van der Waals surface area contributed by atoms with Crippen LogP contribution < -0.4 is 14.4 Å². The van der Waals surface area contributed by atoms with Gasteiger partial charge >= 0.3 is 0 Å². The molecule has 0 saturated carbocycles. The highest BCUT2D eigenvalue weighted by molar-refractivity contribution is 7.92. The molecule has 0 aliphatic heterocycles. The van der Waals surface area contributed by atoms with Gasteiger partial charge < -0.3 is 15.0 Å².